The molecule has 3 rings (SSSR count). The minimum absolute atomic E-state index is 0.0318. The summed E-state index contributed by atoms with van der Waals surface area (Å²) < 4.78 is 0. The zero-order valence-corrected chi connectivity index (χ0v) is 14.6. The molecule has 2 saturated heterocycles. The Morgan fingerprint density at radius 2 is 2.20 bits per heavy atom. The maximum atomic E-state index is 12.5. The van der Waals surface area contributed by atoms with Crippen LogP contribution in [0.5, 0.6) is 0 Å². The number of piperidine rings is 1. The Morgan fingerprint density at radius 3 is 2.88 bits per heavy atom. The highest BCUT2D eigenvalue weighted by Crippen LogP contribution is 2.21. The molecule has 1 atom stereocenters. The molecular formula is C17H23N5O3. The number of nitrogens with zero attached hydrogens (tertiary/aromatic N) is 4. The standard InChI is InChI=1S/C17H23N5O3/c1-12-5-3-7-14(19-12)21-8-4-6-13(10-21)20(2)16(24)11-22-15(23)9-18-17(22)25/h3,5,7,13H,4,6,8-11H2,1-2H3,(H,18,25)/t13-/m1/s1. The van der Waals surface area contributed by atoms with Gasteiger partial charge in [0.15, 0.2) is 0 Å². The molecule has 134 valence electrons. The van der Waals surface area contributed by atoms with Crippen LogP contribution < -0.4 is 10.2 Å². The van der Waals surface area contributed by atoms with Gasteiger partial charge in [-0.15, -0.1) is 0 Å². The molecule has 0 radical (unpaired) electrons. The number of rotatable bonds is 4. The smallest absolute Gasteiger partial charge is 0.325 e. The highest BCUT2D eigenvalue weighted by Gasteiger charge is 2.33. The molecule has 0 saturated carbocycles. The first-order valence-corrected chi connectivity index (χ1v) is 8.48. The Bertz CT molecular complexity index is 677. The summed E-state index contributed by atoms with van der Waals surface area (Å²) in [4.78, 5) is 45.1. The molecule has 0 aromatic carbocycles. The zero-order valence-electron chi connectivity index (χ0n) is 14.6. The van der Waals surface area contributed by atoms with Gasteiger partial charge in [-0.05, 0) is 31.9 Å². The van der Waals surface area contributed by atoms with Crippen molar-refractivity contribution in [3.8, 4) is 0 Å². The van der Waals surface area contributed by atoms with Gasteiger partial charge in [0.2, 0.25) is 5.91 Å². The summed E-state index contributed by atoms with van der Waals surface area (Å²) in [6.45, 7) is 3.31. The van der Waals surface area contributed by atoms with Gasteiger partial charge in [0, 0.05) is 31.9 Å². The van der Waals surface area contributed by atoms with Crippen LogP contribution in [0, 0.1) is 6.92 Å². The number of hydrogen-bond acceptors (Lipinski definition) is 5. The number of aromatic nitrogens is 1. The summed E-state index contributed by atoms with van der Waals surface area (Å²) in [7, 11) is 1.73. The van der Waals surface area contributed by atoms with Crippen LogP contribution in [-0.4, -0.2) is 71.9 Å². The number of imide groups is 1. The van der Waals surface area contributed by atoms with E-state index in [-0.39, 0.29) is 30.9 Å². The van der Waals surface area contributed by atoms with Crippen LogP contribution in [0.4, 0.5) is 10.6 Å². The Labute approximate surface area is 146 Å². The Hall–Kier alpha value is -2.64. The van der Waals surface area contributed by atoms with E-state index < -0.39 is 6.03 Å². The average molecular weight is 345 g/mol. The molecule has 2 aliphatic heterocycles. The second kappa shape index (κ2) is 7.08. The molecule has 1 aromatic heterocycles. The number of likely N-dealkylation sites (N-methyl/N-ethyl adjacent to an activating group) is 1. The van der Waals surface area contributed by atoms with Crippen molar-refractivity contribution in [3.05, 3.63) is 23.9 Å². The van der Waals surface area contributed by atoms with E-state index in [0.717, 1.165) is 35.8 Å². The van der Waals surface area contributed by atoms with Crippen LogP contribution in [0.3, 0.4) is 0 Å². The van der Waals surface area contributed by atoms with Gasteiger partial charge in [-0.3, -0.25) is 14.5 Å². The summed E-state index contributed by atoms with van der Waals surface area (Å²) >= 11 is 0. The van der Waals surface area contributed by atoms with Crippen LogP contribution in [0.15, 0.2) is 18.2 Å². The van der Waals surface area contributed by atoms with Gasteiger partial charge in [0.25, 0.3) is 5.91 Å². The van der Waals surface area contributed by atoms with Crippen molar-refractivity contribution < 1.29 is 14.4 Å². The number of carbonyl (C=O) groups excluding carboxylic acids is 3. The zero-order chi connectivity index (χ0) is 18.0. The lowest BCUT2D eigenvalue weighted by Crippen LogP contribution is -2.51. The fraction of sp³-hybridized carbons (Fsp3) is 0.529. The highest BCUT2D eigenvalue weighted by molar-refractivity contribution is 6.04. The van der Waals surface area contributed by atoms with E-state index in [2.05, 4.69) is 15.2 Å². The van der Waals surface area contributed by atoms with E-state index in [0.29, 0.717) is 6.54 Å². The predicted octanol–water partition coefficient (Wildman–Crippen LogP) is 0.369. The number of anilines is 1. The van der Waals surface area contributed by atoms with E-state index >= 15 is 0 Å². The van der Waals surface area contributed by atoms with Crippen molar-refractivity contribution in [2.75, 3.05) is 38.1 Å². The van der Waals surface area contributed by atoms with Crippen molar-refractivity contribution in [3.63, 3.8) is 0 Å². The maximum absolute atomic E-state index is 12.5. The maximum Gasteiger partial charge on any atom is 0.325 e. The van der Waals surface area contributed by atoms with Gasteiger partial charge < -0.3 is 15.1 Å². The van der Waals surface area contributed by atoms with E-state index in [9.17, 15) is 14.4 Å². The number of amides is 4. The second-order valence-electron chi connectivity index (χ2n) is 6.52. The first kappa shape index (κ1) is 17.2. The molecular weight excluding hydrogens is 322 g/mol. The van der Waals surface area contributed by atoms with Crippen molar-refractivity contribution >= 4 is 23.7 Å². The van der Waals surface area contributed by atoms with Gasteiger partial charge >= 0.3 is 6.03 Å². The SMILES string of the molecule is Cc1cccc(N2CCC[C@@H](N(C)C(=O)CN3C(=O)CNC3=O)C2)n1. The van der Waals surface area contributed by atoms with Gasteiger partial charge in [0.1, 0.15) is 12.4 Å². The molecule has 0 bridgehead atoms. The third-order valence-electron chi connectivity index (χ3n) is 4.77. The molecule has 1 aromatic rings. The summed E-state index contributed by atoms with van der Waals surface area (Å²) in [5.41, 5.74) is 0.961. The highest BCUT2D eigenvalue weighted by atomic mass is 16.2. The third kappa shape index (κ3) is 3.72. The minimum Gasteiger partial charge on any atom is -0.355 e. The monoisotopic (exact) mass is 345 g/mol. The lowest BCUT2D eigenvalue weighted by Gasteiger charge is -2.38. The molecule has 1 N–H and O–H groups in total. The molecule has 0 unspecified atom stereocenters. The number of pyridine rings is 1. The van der Waals surface area contributed by atoms with Crippen LogP contribution in [-0.2, 0) is 9.59 Å². The predicted molar refractivity (Wildman–Crippen MR) is 92.1 cm³/mol. The first-order valence-electron chi connectivity index (χ1n) is 8.48. The van der Waals surface area contributed by atoms with Crippen LogP contribution in [0.25, 0.3) is 0 Å². The molecule has 4 amide bonds. The van der Waals surface area contributed by atoms with Crippen LogP contribution >= 0.6 is 0 Å². The molecule has 0 aliphatic carbocycles. The quantitative estimate of drug-likeness (QED) is 0.797. The molecule has 25 heavy (non-hydrogen) atoms. The Morgan fingerprint density at radius 1 is 1.40 bits per heavy atom. The van der Waals surface area contributed by atoms with Gasteiger partial charge in [-0.1, -0.05) is 6.07 Å². The summed E-state index contributed by atoms with van der Waals surface area (Å²) in [5.74, 6) is 0.329. The number of aryl methyl sites for hydroxylation is 1. The van der Waals surface area contributed by atoms with E-state index in [4.69, 9.17) is 0 Å². The van der Waals surface area contributed by atoms with Gasteiger partial charge in [0.05, 0.1) is 6.54 Å². The van der Waals surface area contributed by atoms with Crippen LogP contribution in [0.1, 0.15) is 18.5 Å². The number of carbonyl (C=O) groups is 3. The van der Waals surface area contributed by atoms with E-state index in [1.165, 1.54) is 0 Å². The Kier molecular flexibility index (Phi) is 4.87. The van der Waals surface area contributed by atoms with Crippen molar-refractivity contribution in [2.45, 2.75) is 25.8 Å². The van der Waals surface area contributed by atoms with Gasteiger partial charge in [-0.2, -0.15) is 0 Å². The molecule has 2 aliphatic rings. The van der Waals surface area contributed by atoms with Gasteiger partial charge in [-0.25, -0.2) is 9.78 Å². The van der Waals surface area contributed by atoms with Crippen molar-refractivity contribution in [1.29, 1.82) is 0 Å². The lowest BCUT2D eigenvalue weighted by atomic mass is 10.0. The largest absolute Gasteiger partial charge is 0.355 e. The number of nitrogens with one attached hydrogen (secondary N) is 1. The number of hydrogen-bond donors (Lipinski definition) is 1. The molecule has 8 heteroatoms. The average Bonchev–Trinajstić information content (AvgIpc) is 2.93. The lowest BCUT2D eigenvalue weighted by molar-refractivity contribution is -0.137. The fourth-order valence-electron chi connectivity index (χ4n) is 3.25. The fourth-order valence-corrected chi connectivity index (χ4v) is 3.25. The number of urea groups is 1. The summed E-state index contributed by atoms with van der Waals surface area (Å²) in [5, 5.41) is 2.43. The van der Waals surface area contributed by atoms with E-state index in [1.807, 2.05) is 25.1 Å². The third-order valence-corrected chi connectivity index (χ3v) is 4.77. The molecule has 0 spiro atoms. The van der Waals surface area contributed by atoms with Crippen LogP contribution in [0.2, 0.25) is 0 Å². The first-order chi connectivity index (χ1) is 12.0. The topological polar surface area (TPSA) is 85.9 Å². The van der Waals surface area contributed by atoms with Crippen molar-refractivity contribution in [2.24, 2.45) is 0 Å². The second-order valence-corrected chi connectivity index (χ2v) is 6.52. The Balaban J connectivity index is 1.63. The molecule has 3 heterocycles. The van der Waals surface area contributed by atoms with E-state index in [1.54, 1.807) is 11.9 Å². The normalized spacial score (nSPS) is 20.6. The molecule has 8 nitrogen and oxygen atoms in total. The van der Waals surface area contributed by atoms with Crippen molar-refractivity contribution in [1.82, 2.24) is 20.1 Å². The summed E-state index contributed by atoms with van der Waals surface area (Å²) in [6.07, 6.45) is 1.85. The summed E-state index contributed by atoms with van der Waals surface area (Å²) in [6, 6.07) is 5.45. The molecule has 2 fully saturated rings. The minimum atomic E-state index is -0.499.